The third-order valence-electron chi connectivity index (χ3n) is 5.69. The Morgan fingerprint density at radius 3 is 2.82 bits per heavy atom. The van der Waals surface area contributed by atoms with E-state index in [9.17, 15) is 19.2 Å². The van der Waals surface area contributed by atoms with Crippen molar-refractivity contribution in [2.75, 3.05) is 19.6 Å². The maximum absolute atomic E-state index is 13.1. The third-order valence-corrected chi connectivity index (χ3v) is 5.69. The van der Waals surface area contributed by atoms with E-state index in [-0.39, 0.29) is 18.2 Å². The van der Waals surface area contributed by atoms with Crippen molar-refractivity contribution in [1.29, 1.82) is 0 Å². The quantitative estimate of drug-likeness (QED) is 0.554. The number of nitrogens with one attached hydrogen (secondary N) is 2. The van der Waals surface area contributed by atoms with Gasteiger partial charge in [0, 0.05) is 44.7 Å². The maximum atomic E-state index is 13.1. The minimum Gasteiger partial charge on any atom is -0.368 e. The van der Waals surface area contributed by atoms with Crippen LogP contribution < -0.4 is 16.4 Å². The summed E-state index contributed by atoms with van der Waals surface area (Å²) in [6.45, 7) is 2.67. The Labute approximate surface area is 162 Å². The molecule has 4 amide bonds. The topological polar surface area (TPSA) is 125 Å². The first-order valence-electron chi connectivity index (χ1n) is 9.45. The average molecular weight is 385 g/mol. The lowest BCUT2D eigenvalue weighted by molar-refractivity contribution is -0.137. The molecule has 0 aromatic heterocycles. The van der Waals surface area contributed by atoms with Crippen LogP contribution in [0.1, 0.15) is 34.3 Å². The van der Waals surface area contributed by atoms with Crippen LogP contribution in [0, 0.1) is 0 Å². The number of benzene rings is 1. The summed E-state index contributed by atoms with van der Waals surface area (Å²) in [7, 11) is 0. The van der Waals surface area contributed by atoms with Crippen molar-refractivity contribution in [1.82, 2.24) is 20.4 Å². The smallest absolute Gasteiger partial charge is 0.255 e. The lowest BCUT2D eigenvalue weighted by Crippen LogP contribution is -2.56. The van der Waals surface area contributed by atoms with Gasteiger partial charge in [0.15, 0.2) is 0 Å². The number of amides is 4. The van der Waals surface area contributed by atoms with E-state index in [4.69, 9.17) is 5.73 Å². The molecule has 28 heavy (non-hydrogen) atoms. The fourth-order valence-corrected chi connectivity index (χ4v) is 4.26. The molecule has 0 bridgehead atoms. The van der Waals surface area contributed by atoms with Gasteiger partial charge in [-0.3, -0.25) is 29.4 Å². The number of piperidine rings is 1. The van der Waals surface area contributed by atoms with Crippen LogP contribution in [0.25, 0.3) is 0 Å². The molecule has 0 aliphatic carbocycles. The van der Waals surface area contributed by atoms with Gasteiger partial charge in [-0.1, -0.05) is 18.2 Å². The molecule has 1 aromatic rings. The summed E-state index contributed by atoms with van der Waals surface area (Å²) < 4.78 is 0. The number of nitrogens with two attached hydrogens (primary N) is 1. The first-order chi connectivity index (χ1) is 13.5. The zero-order valence-electron chi connectivity index (χ0n) is 15.4. The molecule has 2 fully saturated rings. The summed E-state index contributed by atoms with van der Waals surface area (Å²) >= 11 is 0. The van der Waals surface area contributed by atoms with Gasteiger partial charge in [0.05, 0.1) is 0 Å². The highest BCUT2D eigenvalue weighted by Gasteiger charge is 2.40. The zero-order valence-corrected chi connectivity index (χ0v) is 15.4. The Morgan fingerprint density at radius 1 is 1.25 bits per heavy atom. The van der Waals surface area contributed by atoms with Crippen LogP contribution in [0.3, 0.4) is 0 Å². The van der Waals surface area contributed by atoms with E-state index in [2.05, 4.69) is 10.6 Å². The van der Waals surface area contributed by atoms with E-state index in [1.54, 1.807) is 4.90 Å². The molecule has 1 aromatic carbocycles. The van der Waals surface area contributed by atoms with Crippen LogP contribution in [0.15, 0.2) is 18.2 Å². The molecule has 3 aliphatic rings. The van der Waals surface area contributed by atoms with Gasteiger partial charge in [-0.15, -0.1) is 0 Å². The first kappa shape index (κ1) is 18.6. The van der Waals surface area contributed by atoms with Gasteiger partial charge >= 0.3 is 0 Å². The van der Waals surface area contributed by atoms with E-state index in [1.807, 2.05) is 23.1 Å². The summed E-state index contributed by atoms with van der Waals surface area (Å²) in [4.78, 5) is 52.1. The lowest BCUT2D eigenvalue weighted by atomic mass is 10.0. The standard InChI is InChI=1S/C19H23N5O4/c20-17(26)14-8-21-6-7-23(14)9-11-2-1-3-12-10-24(19(28)16(11)12)13-4-5-15(25)22-18(13)27/h1-3,13-14,21H,4-10H2,(H2,20,26)(H,22,25,27). The molecule has 3 heterocycles. The molecule has 4 rings (SSSR count). The van der Waals surface area contributed by atoms with Crippen LogP contribution in [0.4, 0.5) is 0 Å². The minimum absolute atomic E-state index is 0.203. The summed E-state index contributed by atoms with van der Waals surface area (Å²) in [5.74, 6) is -1.32. The maximum Gasteiger partial charge on any atom is 0.255 e. The van der Waals surface area contributed by atoms with Gasteiger partial charge in [0.2, 0.25) is 17.7 Å². The van der Waals surface area contributed by atoms with Crippen molar-refractivity contribution in [2.45, 2.75) is 38.0 Å². The minimum atomic E-state index is -0.636. The highest BCUT2D eigenvalue weighted by molar-refractivity contribution is 6.06. The second-order valence-corrected chi connectivity index (χ2v) is 7.44. The molecule has 0 spiro atoms. The van der Waals surface area contributed by atoms with Crippen LogP contribution in [-0.4, -0.2) is 65.1 Å². The third kappa shape index (κ3) is 3.27. The number of rotatable bonds is 4. The van der Waals surface area contributed by atoms with Crippen molar-refractivity contribution in [3.05, 3.63) is 34.9 Å². The Balaban J connectivity index is 1.57. The number of fused-ring (bicyclic) bond motifs is 1. The zero-order chi connectivity index (χ0) is 19.8. The summed E-state index contributed by atoms with van der Waals surface area (Å²) in [5.41, 5.74) is 7.81. The normalized spacial score (nSPS) is 25.6. The second-order valence-electron chi connectivity index (χ2n) is 7.44. The van der Waals surface area contributed by atoms with Gasteiger partial charge in [-0.05, 0) is 17.5 Å². The number of carbonyl (C=O) groups excluding carboxylic acids is 4. The van der Waals surface area contributed by atoms with Crippen molar-refractivity contribution in [2.24, 2.45) is 5.73 Å². The van der Waals surface area contributed by atoms with Gasteiger partial charge < -0.3 is 16.0 Å². The summed E-state index contributed by atoms with van der Waals surface area (Å²) in [6, 6.07) is 4.59. The lowest BCUT2D eigenvalue weighted by Gasteiger charge is -2.34. The van der Waals surface area contributed by atoms with Gasteiger partial charge in [0.1, 0.15) is 12.1 Å². The number of hydrogen-bond donors (Lipinski definition) is 3. The van der Waals surface area contributed by atoms with Crippen LogP contribution in [0.5, 0.6) is 0 Å². The van der Waals surface area contributed by atoms with E-state index >= 15 is 0 Å². The molecule has 9 nitrogen and oxygen atoms in total. The second kappa shape index (κ2) is 7.33. The molecule has 0 saturated carbocycles. The van der Waals surface area contributed by atoms with Crippen molar-refractivity contribution in [3.63, 3.8) is 0 Å². The van der Waals surface area contributed by atoms with Gasteiger partial charge in [-0.25, -0.2) is 0 Å². The molecule has 9 heteroatoms. The number of imide groups is 1. The molecule has 3 aliphatic heterocycles. The molecular weight excluding hydrogens is 362 g/mol. The summed E-state index contributed by atoms with van der Waals surface area (Å²) in [5, 5.41) is 5.48. The molecule has 2 atom stereocenters. The molecule has 148 valence electrons. The van der Waals surface area contributed by atoms with E-state index in [0.717, 1.165) is 17.7 Å². The largest absolute Gasteiger partial charge is 0.368 e. The highest BCUT2D eigenvalue weighted by atomic mass is 16.2. The predicted molar refractivity (Wildman–Crippen MR) is 98.7 cm³/mol. The fraction of sp³-hybridized carbons (Fsp3) is 0.474. The number of primary amides is 1. The monoisotopic (exact) mass is 385 g/mol. The first-order valence-corrected chi connectivity index (χ1v) is 9.45. The Hall–Kier alpha value is -2.78. The number of carbonyl (C=O) groups is 4. The van der Waals surface area contributed by atoms with Crippen LogP contribution in [0.2, 0.25) is 0 Å². The molecule has 2 unspecified atom stereocenters. The number of hydrogen-bond acceptors (Lipinski definition) is 6. The molecular formula is C19H23N5O4. The van der Waals surface area contributed by atoms with E-state index < -0.39 is 23.9 Å². The van der Waals surface area contributed by atoms with Crippen LogP contribution in [-0.2, 0) is 27.5 Å². The molecule has 4 N–H and O–H groups in total. The number of piperazine rings is 1. The van der Waals surface area contributed by atoms with E-state index in [1.165, 1.54) is 0 Å². The highest BCUT2D eigenvalue weighted by Crippen LogP contribution is 2.30. The van der Waals surface area contributed by atoms with Gasteiger partial charge in [0.25, 0.3) is 5.91 Å². The molecule has 2 saturated heterocycles. The summed E-state index contributed by atoms with van der Waals surface area (Å²) in [6.07, 6.45) is 0.561. The van der Waals surface area contributed by atoms with Crippen LogP contribution >= 0.6 is 0 Å². The Morgan fingerprint density at radius 2 is 2.07 bits per heavy atom. The van der Waals surface area contributed by atoms with Crippen molar-refractivity contribution < 1.29 is 19.2 Å². The molecule has 0 radical (unpaired) electrons. The van der Waals surface area contributed by atoms with Crippen molar-refractivity contribution >= 4 is 23.6 Å². The Kier molecular flexibility index (Phi) is 4.86. The number of nitrogens with zero attached hydrogens (tertiary/aromatic N) is 2. The van der Waals surface area contributed by atoms with Crippen molar-refractivity contribution in [3.8, 4) is 0 Å². The van der Waals surface area contributed by atoms with Gasteiger partial charge in [-0.2, -0.15) is 0 Å². The SMILES string of the molecule is NC(=O)C1CNCCN1Cc1cccc2c1C(=O)N(C1CCC(=O)NC1=O)C2. The Bertz CT molecular complexity index is 855. The predicted octanol–water partition coefficient (Wildman–Crippen LogP) is -1.29. The van der Waals surface area contributed by atoms with E-state index in [0.29, 0.717) is 38.2 Å². The average Bonchev–Trinajstić information content (AvgIpc) is 2.99. The fourth-order valence-electron chi connectivity index (χ4n) is 4.26.